The van der Waals surface area contributed by atoms with Gasteiger partial charge in [-0.25, -0.2) is 0 Å². The summed E-state index contributed by atoms with van der Waals surface area (Å²) in [4.78, 5) is 0. The van der Waals surface area contributed by atoms with Crippen molar-refractivity contribution in [2.75, 3.05) is 0 Å². The van der Waals surface area contributed by atoms with Crippen LogP contribution in [0.1, 0.15) is 41.5 Å². The Hall–Kier alpha value is -0.310. The zero-order chi connectivity index (χ0) is 11.0. The maximum atomic E-state index is 3.17. The second-order valence-corrected chi connectivity index (χ2v) is 9.62. The van der Waals surface area contributed by atoms with Crippen LogP contribution < -0.4 is 0 Å². The van der Waals surface area contributed by atoms with Crippen LogP contribution in [0.15, 0.2) is 29.3 Å². The summed E-state index contributed by atoms with van der Waals surface area (Å²) < 4.78 is 0. The minimum atomic E-state index is -0.132. The van der Waals surface area contributed by atoms with Gasteiger partial charge in [0.25, 0.3) is 0 Å². The van der Waals surface area contributed by atoms with E-state index in [0.717, 1.165) is 0 Å². The Balaban J connectivity index is 3.02. The number of hydrogen-bond donors (Lipinski definition) is 0. The second-order valence-electron chi connectivity index (χ2n) is 5.75. The van der Waals surface area contributed by atoms with Gasteiger partial charge in [0.05, 0.1) is 0 Å². The van der Waals surface area contributed by atoms with Gasteiger partial charge in [0.2, 0.25) is 0 Å². The predicted molar refractivity (Wildman–Crippen MR) is 67.2 cm³/mol. The maximum absolute atomic E-state index is 3.17. The molecule has 0 aromatic rings. The van der Waals surface area contributed by atoms with E-state index in [9.17, 15) is 0 Å². The van der Waals surface area contributed by atoms with Gasteiger partial charge in [-0.15, -0.1) is 5.73 Å². The molecule has 1 aliphatic rings. The van der Waals surface area contributed by atoms with E-state index in [1.54, 1.807) is 0 Å². The van der Waals surface area contributed by atoms with Crippen LogP contribution in [-0.4, -0.2) is 10.3 Å². The second kappa shape index (κ2) is 3.69. The average molecular weight is 208 g/mol. The van der Waals surface area contributed by atoms with Crippen molar-refractivity contribution < 1.29 is 0 Å². The predicted octanol–water partition coefficient (Wildman–Crippen LogP) is 4.67. The molecule has 0 aliphatic heterocycles. The lowest BCUT2D eigenvalue weighted by Crippen LogP contribution is -2.25. The van der Waals surface area contributed by atoms with E-state index in [2.05, 4.69) is 59.4 Å². The highest BCUT2D eigenvalue weighted by atomic mass is 31.1. The molecule has 1 aliphatic carbocycles. The van der Waals surface area contributed by atoms with Crippen LogP contribution in [0.4, 0.5) is 0 Å². The van der Waals surface area contributed by atoms with Gasteiger partial charge in [-0.1, -0.05) is 49.5 Å². The zero-order valence-corrected chi connectivity index (χ0v) is 11.1. The Labute approximate surface area is 89.5 Å². The lowest BCUT2D eigenvalue weighted by molar-refractivity contribution is 0.712. The highest BCUT2D eigenvalue weighted by Crippen LogP contribution is 2.65. The molecule has 0 unspecified atom stereocenters. The summed E-state index contributed by atoms with van der Waals surface area (Å²) in [6, 6.07) is 0. The molecule has 0 heterocycles. The minimum Gasteiger partial charge on any atom is -0.120 e. The van der Waals surface area contributed by atoms with Crippen molar-refractivity contribution in [3.8, 4) is 0 Å². The molecule has 0 saturated carbocycles. The number of hydrogen-bond acceptors (Lipinski definition) is 0. The molecular formula is C13H21P. The normalized spacial score (nSPS) is 16.6. The van der Waals surface area contributed by atoms with E-state index in [-0.39, 0.29) is 7.92 Å². The molecule has 0 nitrogen and oxygen atoms in total. The fourth-order valence-corrected chi connectivity index (χ4v) is 6.22. The van der Waals surface area contributed by atoms with Crippen LogP contribution in [0.3, 0.4) is 0 Å². The first kappa shape index (κ1) is 11.8. The molecule has 1 heteroatoms. The van der Waals surface area contributed by atoms with E-state index in [1.807, 2.05) is 6.08 Å². The van der Waals surface area contributed by atoms with Crippen LogP contribution in [0.25, 0.3) is 0 Å². The molecule has 0 bridgehead atoms. The van der Waals surface area contributed by atoms with Crippen LogP contribution >= 0.6 is 7.92 Å². The summed E-state index contributed by atoms with van der Waals surface area (Å²) in [6.45, 7) is 14.1. The van der Waals surface area contributed by atoms with Gasteiger partial charge in [0.15, 0.2) is 0 Å². The highest BCUT2D eigenvalue weighted by molar-refractivity contribution is 7.65. The monoisotopic (exact) mass is 208 g/mol. The standard InChI is InChI=1S/C13H21P/c1-12(2,3)14(13(4,5)6)11-9-7-8-10-11/h7,9-10H,1-6H3. The van der Waals surface area contributed by atoms with Crippen molar-refractivity contribution in [2.45, 2.75) is 51.9 Å². The number of allylic oxidation sites excluding steroid dienone is 3. The topological polar surface area (TPSA) is 0 Å². The van der Waals surface area contributed by atoms with Crippen LogP contribution in [-0.2, 0) is 0 Å². The molecule has 0 radical (unpaired) electrons. The Morgan fingerprint density at radius 3 is 1.79 bits per heavy atom. The van der Waals surface area contributed by atoms with Gasteiger partial charge in [-0.2, -0.15) is 0 Å². The smallest absolute Gasteiger partial charge is 0.0122 e. The Kier molecular flexibility index (Phi) is 3.10. The van der Waals surface area contributed by atoms with Crippen molar-refractivity contribution in [1.29, 1.82) is 0 Å². The van der Waals surface area contributed by atoms with Gasteiger partial charge in [0.1, 0.15) is 0 Å². The quantitative estimate of drug-likeness (QED) is 0.434. The molecule has 0 fully saturated rings. The first-order valence-electron chi connectivity index (χ1n) is 5.16. The third kappa shape index (κ3) is 2.59. The van der Waals surface area contributed by atoms with Crippen molar-refractivity contribution >= 4 is 7.92 Å². The van der Waals surface area contributed by atoms with E-state index in [4.69, 9.17) is 0 Å². The summed E-state index contributed by atoms with van der Waals surface area (Å²) in [5.41, 5.74) is 3.17. The Morgan fingerprint density at radius 2 is 1.50 bits per heavy atom. The molecule has 0 aromatic heterocycles. The largest absolute Gasteiger partial charge is 0.120 e. The van der Waals surface area contributed by atoms with Crippen LogP contribution in [0, 0.1) is 0 Å². The van der Waals surface area contributed by atoms with Gasteiger partial charge in [-0.3, -0.25) is 0 Å². The molecule has 0 amide bonds. The van der Waals surface area contributed by atoms with E-state index < -0.39 is 0 Å². The first-order valence-corrected chi connectivity index (χ1v) is 6.50. The Morgan fingerprint density at radius 1 is 1.00 bits per heavy atom. The molecule has 14 heavy (non-hydrogen) atoms. The molecule has 0 N–H and O–H groups in total. The van der Waals surface area contributed by atoms with Gasteiger partial charge in [-0.05, 0) is 33.9 Å². The zero-order valence-electron chi connectivity index (χ0n) is 10.2. The fourth-order valence-electron chi connectivity index (χ4n) is 2.24. The molecule has 0 spiro atoms. The number of rotatable bonds is 1. The minimum absolute atomic E-state index is 0.132. The van der Waals surface area contributed by atoms with Crippen LogP contribution in [0.2, 0.25) is 0 Å². The van der Waals surface area contributed by atoms with Crippen molar-refractivity contribution in [3.05, 3.63) is 29.3 Å². The van der Waals surface area contributed by atoms with Gasteiger partial charge >= 0.3 is 0 Å². The SMILES string of the molecule is CC(C)(C)P(C1=CC=C=C1)C(C)(C)C. The summed E-state index contributed by atoms with van der Waals surface area (Å²) in [5, 5.41) is 2.23. The maximum Gasteiger partial charge on any atom is -0.0122 e. The Bertz CT molecular complexity index is 287. The van der Waals surface area contributed by atoms with Gasteiger partial charge in [0, 0.05) is 0 Å². The first-order chi connectivity index (χ1) is 6.23. The molecule has 0 atom stereocenters. The van der Waals surface area contributed by atoms with Crippen molar-refractivity contribution in [3.63, 3.8) is 0 Å². The van der Waals surface area contributed by atoms with E-state index in [1.165, 1.54) is 5.31 Å². The lowest BCUT2D eigenvalue weighted by atomic mass is 10.2. The molecular weight excluding hydrogens is 187 g/mol. The lowest BCUT2D eigenvalue weighted by Gasteiger charge is -2.41. The molecule has 1 rings (SSSR count). The highest BCUT2D eigenvalue weighted by Gasteiger charge is 2.36. The van der Waals surface area contributed by atoms with Crippen molar-refractivity contribution in [2.24, 2.45) is 0 Å². The summed E-state index contributed by atoms with van der Waals surface area (Å²) >= 11 is 0. The summed E-state index contributed by atoms with van der Waals surface area (Å²) in [7, 11) is -0.132. The average Bonchev–Trinajstić information content (AvgIpc) is 2.31. The summed E-state index contributed by atoms with van der Waals surface area (Å²) in [6.07, 6.45) is 6.41. The third-order valence-electron chi connectivity index (χ3n) is 2.18. The third-order valence-corrected chi connectivity index (χ3v) is 5.66. The molecule has 0 aromatic carbocycles. The molecule has 78 valence electrons. The van der Waals surface area contributed by atoms with E-state index in [0.29, 0.717) is 10.3 Å². The fraction of sp³-hybridized carbons (Fsp3) is 0.615. The summed E-state index contributed by atoms with van der Waals surface area (Å²) in [5.74, 6) is 0. The van der Waals surface area contributed by atoms with Gasteiger partial charge < -0.3 is 0 Å². The van der Waals surface area contributed by atoms with E-state index >= 15 is 0 Å². The van der Waals surface area contributed by atoms with Crippen molar-refractivity contribution in [1.82, 2.24) is 0 Å². The van der Waals surface area contributed by atoms with Crippen LogP contribution in [0.5, 0.6) is 0 Å². The molecule has 0 saturated heterocycles.